The summed E-state index contributed by atoms with van der Waals surface area (Å²) in [5.74, 6) is -0.669. The molecule has 2 heterocycles. The molecule has 0 bridgehead atoms. The molecule has 0 unspecified atom stereocenters. The Kier molecular flexibility index (Phi) is 3.22. The maximum Gasteiger partial charge on any atom is 0.144 e. The molecule has 20 heavy (non-hydrogen) atoms. The van der Waals surface area contributed by atoms with Crippen LogP contribution in [0.1, 0.15) is 5.56 Å². The first kappa shape index (κ1) is 13.1. The van der Waals surface area contributed by atoms with E-state index in [4.69, 9.17) is 0 Å². The number of hydrogen-bond donors (Lipinski definition) is 0. The second-order valence-corrected chi connectivity index (χ2v) is 5.35. The van der Waals surface area contributed by atoms with Crippen molar-refractivity contribution in [3.63, 3.8) is 0 Å². The van der Waals surface area contributed by atoms with Crippen molar-refractivity contribution in [3.05, 3.63) is 53.9 Å². The van der Waals surface area contributed by atoms with Crippen LogP contribution < -0.4 is 0 Å². The topological polar surface area (TPSA) is 17.3 Å². The van der Waals surface area contributed by atoms with Gasteiger partial charge in [0, 0.05) is 22.7 Å². The van der Waals surface area contributed by atoms with Gasteiger partial charge in [-0.3, -0.25) is 4.40 Å². The van der Waals surface area contributed by atoms with E-state index < -0.39 is 11.6 Å². The number of thioether (sulfide) groups is 1. The van der Waals surface area contributed by atoms with Crippen molar-refractivity contribution in [2.24, 2.45) is 0 Å². The van der Waals surface area contributed by atoms with E-state index in [0.717, 1.165) is 22.0 Å². The number of fused-ring (bicyclic) bond motifs is 1. The molecule has 0 N–H and O–H groups in total. The van der Waals surface area contributed by atoms with E-state index >= 15 is 0 Å². The van der Waals surface area contributed by atoms with Crippen molar-refractivity contribution < 1.29 is 8.78 Å². The average Bonchev–Trinajstić information content (AvgIpc) is 2.83. The monoisotopic (exact) mass is 290 g/mol. The van der Waals surface area contributed by atoms with Crippen LogP contribution in [0.4, 0.5) is 8.78 Å². The van der Waals surface area contributed by atoms with Crippen LogP contribution in [-0.2, 0) is 0 Å². The molecule has 0 saturated heterocycles. The fourth-order valence-electron chi connectivity index (χ4n) is 2.30. The first-order valence-corrected chi connectivity index (χ1v) is 7.30. The minimum absolute atomic E-state index is 0.429. The Morgan fingerprint density at radius 1 is 1.15 bits per heavy atom. The summed E-state index contributed by atoms with van der Waals surface area (Å²) in [5, 5.41) is 0. The summed E-state index contributed by atoms with van der Waals surface area (Å²) in [4.78, 5) is 5.47. The SMILES string of the molecule is CSc1ccn2c(-c3cc(F)cc(F)c3)ncc2c1C. The lowest BCUT2D eigenvalue weighted by atomic mass is 10.2. The van der Waals surface area contributed by atoms with E-state index in [1.807, 2.05) is 29.8 Å². The number of aromatic nitrogens is 2. The summed E-state index contributed by atoms with van der Waals surface area (Å²) >= 11 is 1.66. The van der Waals surface area contributed by atoms with Gasteiger partial charge in [-0.25, -0.2) is 13.8 Å². The molecule has 102 valence electrons. The zero-order chi connectivity index (χ0) is 14.3. The number of nitrogens with zero attached hydrogens (tertiary/aromatic N) is 2. The maximum atomic E-state index is 13.3. The Hall–Kier alpha value is -1.88. The van der Waals surface area contributed by atoms with Gasteiger partial charge in [0.25, 0.3) is 0 Å². The molecule has 2 nitrogen and oxygen atoms in total. The van der Waals surface area contributed by atoms with E-state index in [0.29, 0.717) is 11.4 Å². The van der Waals surface area contributed by atoms with Crippen LogP contribution in [0.3, 0.4) is 0 Å². The third kappa shape index (κ3) is 2.08. The highest BCUT2D eigenvalue weighted by atomic mass is 32.2. The Bertz CT molecular complexity index is 776. The third-order valence-electron chi connectivity index (χ3n) is 3.27. The lowest BCUT2D eigenvalue weighted by Gasteiger charge is -2.07. The molecule has 0 fully saturated rings. The summed E-state index contributed by atoms with van der Waals surface area (Å²) < 4.78 is 28.5. The molecule has 1 aromatic carbocycles. The Balaban J connectivity index is 2.25. The molecule has 0 spiro atoms. The van der Waals surface area contributed by atoms with Crippen molar-refractivity contribution >= 4 is 17.3 Å². The molecule has 0 aliphatic carbocycles. The molecule has 3 aromatic rings. The molecule has 5 heteroatoms. The van der Waals surface area contributed by atoms with E-state index in [2.05, 4.69) is 4.98 Å². The standard InChI is InChI=1S/C15H12F2N2S/c1-9-13-8-18-15(19(13)4-3-14(9)20-2)10-5-11(16)7-12(17)6-10/h3-8H,1-2H3. The number of benzene rings is 1. The molecular weight excluding hydrogens is 278 g/mol. The molecular formula is C15H12F2N2S. The predicted octanol–water partition coefficient (Wildman–Crippen LogP) is 4.31. The van der Waals surface area contributed by atoms with E-state index in [9.17, 15) is 8.78 Å². The van der Waals surface area contributed by atoms with Gasteiger partial charge in [-0.1, -0.05) is 0 Å². The molecule has 3 rings (SSSR count). The molecule has 0 aliphatic heterocycles. The fraction of sp³-hybridized carbons (Fsp3) is 0.133. The van der Waals surface area contributed by atoms with Crippen LogP contribution in [0, 0.1) is 18.6 Å². The summed E-state index contributed by atoms with van der Waals surface area (Å²) in [5.41, 5.74) is 2.48. The predicted molar refractivity (Wildman–Crippen MR) is 77.1 cm³/mol. The van der Waals surface area contributed by atoms with Gasteiger partial charge in [0.05, 0.1) is 11.7 Å². The van der Waals surface area contributed by atoms with Gasteiger partial charge in [0.2, 0.25) is 0 Å². The second-order valence-electron chi connectivity index (χ2n) is 4.50. The minimum atomic E-state index is -0.603. The fourth-order valence-corrected chi connectivity index (χ4v) is 2.91. The first-order valence-electron chi connectivity index (χ1n) is 6.07. The molecule has 0 saturated carbocycles. The Labute approximate surface area is 119 Å². The van der Waals surface area contributed by atoms with Crippen molar-refractivity contribution in [3.8, 4) is 11.4 Å². The van der Waals surface area contributed by atoms with Gasteiger partial charge >= 0.3 is 0 Å². The van der Waals surface area contributed by atoms with Crippen LogP contribution in [0.25, 0.3) is 16.9 Å². The first-order chi connectivity index (χ1) is 9.60. The number of imidazole rings is 1. The zero-order valence-corrected chi connectivity index (χ0v) is 11.8. The molecule has 0 aliphatic rings. The lowest BCUT2D eigenvalue weighted by molar-refractivity contribution is 0.584. The zero-order valence-electron chi connectivity index (χ0n) is 11.0. The van der Waals surface area contributed by atoms with E-state index in [1.54, 1.807) is 18.0 Å². The molecule has 2 aromatic heterocycles. The van der Waals surface area contributed by atoms with Crippen molar-refractivity contribution in [2.45, 2.75) is 11.8 Å². The maximum absolute atomic E-state index is 13.3. The Morgan fingerprint density at radius 3 is 2.50 bits per heavy atom. The van der Waals surface area contributed by atoms with Crippen LogP contribution >= 0.6 is 11.8 Å². The number of pyridine rings is 1. The highest BCUT2D eigenvalue weighted by molar-refractivity contribution is 7.98. The summed E-state index contributed by atoms with van der Waals surface area (Å²) in [6.45, 7) is 2.01. The van der Waals surface area contributed by atoms with Crippen molar-refractivity contribution in [2.75, 3.05) is 6.26 Å². The molecule has 0 atom stereocenters. The smallest absolute Gasteiger partial charge is 0.144 e. The number of rotatable bonds is 2. The largest absolute Gasteiger partial charge is 0.299 e. The molecule has 0 radical (unpaired) electrons. The lowest BCUT2D eigenvalue weighted by Crippen LogP contribution is -1.93. The van der Waals surface area contributed by atoms with Crippen LogP contribution in [-0.4, -0.2) is 15.6 Å². The van der Waals surface area contributed by atoms with Gasteiger partial charge in [-0.05, 0) is 36.9 Å². The average molecular weight is 290 g/mol. The quantitative estimate of drug-likeness (QED) is 0.654. The van der Waals surface area contributed by atoms with Crippen LogP contribution in [0.5, 0.6) is 0 Å². The molecule has 0 amide bonds. The second kappa shape index (κ2) is 4.90. The van der Waals surface area contributed by atoms with Gasteiger partial charge in [0.1, 0.15) is 17.5 Å². The third-order valence-corrected chi connectivity index (χ3v) is 4.15. The van der Waals surface area contributed by atoms with Crippen molar-refractivity contribution in [1.29, 1.82) is 0 Å². The summed E-state index contributed by atoms with van der Waals surface area (Å²) in [7, 11) is 0. The van der Waals surface area contributed by atoms with Gasteiger partial charge < -0.3 is 0 Å². The van der Waals surface area contributed by atoms with Crippen LogP contribution in [0.2, 0.25) is 0 Å². The number of aryl methyl sites for hydroxylation is 1. The normalized spacial score (nSPS) is 11.2. The summed E-state index contributed by atoms with van der Waals surface area (Å²) in [6, 6.07) is 5.41. The van der Waals surface area contributed by atoms with Gasteiger partial charge in [-0.15, -0.1) is 11.8 Å². The number of halogens is 2. The highest BCUT2D eigenvalue weighted by Gasteiger charge is 2.12. The van der Waals surface area contributed by atoms with E-state index in [-0.39, 0.29) is 0 Å². The summed E-state index contributed by atoms with van der Waals surface area (Å²) in [6.07, 6.45) is 5.62. The van der Waals surface area contributed by atoms with Crippen molar-refractivity contribution in [1.82, 2.24) is 9.38 Å². The van der Waals surface area contributed by atoms with Gasteiger partial charge in [-0.2, -0.15) is 0 Å². The minimum Gasteiger partial charge on any atom is -0.299 e. The van der Waals surface area contributed by atoms with Gasteiger partial charge in [0.15, 0.2) is 0 Å². The Morgan fingerprint density at radius 2 is 1.85 bits per heavy atom. The number of hydrogen-bond acceptors (Lipinski definition) is 2. The van der Waals surface area contributed by atoms with E-state index in [1.165, 1.54) is 12.1 Å². The highest BCUT2D eigenvalue weighted by Crippen LogP contribution is 2.28. The van der Waals surface area contributed by atoms with Crippen LogP contribution in [0.15, 0.2) is 41.6 Å².